The Kier molecular flexibility index (Phi) is 5.18. The van der Waals surface area contributed by atoms with E-state index in [2.05, 4.69) is 22.1 Å². The van der Waals surface area contributed by atoms with Crippen molar-refractivity contribution in [2.45, 2.75) is 20.4 Å². The molecule has 1 aromatic carbocycles. The molecule has 0 fully saturated rings. The zero-order chi connectivity index (χ0) is 14.4. The Labute approximate surface area is 124 Å². The first kappa shape index (κ1) is 14.6. The van der Waals surface area contributed by atoms with Gasteiger partial charge in [0.25, 0.3) is 5.91 Å². The molecule has 0 radical (unpaired) electrons. The summed E-state index contributed by atoms with van der Waals surface area (Å²) in [6, 6.07) is 9.81. The minimum Gasteiger partial charge on any atom is -0.381 e. The molecule has 0 aliphatic heterocycles. The molecule has 1 aromatic heterocycles. The Bertz CT molecular complexity index is 547. The van der Waals surface area contributed by atoms with Gasteiger partial charge in [-0.2, -0.15) is 11.3 Å². The number of benzene rings is 1. The van der Waals surface area contributed by atoms with Gasteiger partial charge < -0.3 is 10.2 Å². The summed E-state index contributed by atoms with van der Waals surface area (Å²) in [5.74, 6) is 0.0918. The summed E-state index contributed by atoms with van der Waals surface area (Å²) >= 11 is 1.69. The fraction of sp³-hybridized carbons (Fsp3) is 0.312. The molecule has 0 aliphatic rings. The number of hydrogen-bond donors (Lipinski definition) is 1. The first-order chi connectivity index (χ1) is 9.74. The second kappa shape index (κ2) is 7.10. The number of amides is 1. The minimum atomic E-state index is 0.0918. The molecule has 0 unspecified atom stereocenters. The van der Waals surface area contributed by atoms with Crippen LogP contribution in [-0.4, -0.2) is 23.9 Å². The van der Waals surface area contributed by atoms with Gasteiger partial charge in [0.15, 0.2) is 0 Å². The lowest BCUT2D eigenvalue weighted by Crippen LogP contribution is -2.30. The summed E-state index contributed by atoms with van der Waals surface area (Å²) in [5.41, 5.74) is 2.98. The molecule has 20 heavy (non-hydrogen) atoms. The highest BCUT2D eigenvalue weighted by atomic mass is 32.1. The summed E-state index contributed by atoms with van der Waals surface area (Å²) in [5, 5.41) is 7.54. The van der Waals surface area contributed by atoms with Crippen LogP contribution in [0, 0.1) is 0 Å². The molecule has 0 aliphatic carbocycles. The molecule has 1 amide bonds. The van der Waals surface area contributed by atoms with Crippen LogP contribution in [0.4, 0.5) is 5.69 Å². The number of carbonyl (C=O) groups excluding carboxylic acids is 1. The average Bonchev–Trinajstić information content (AvgIpc) is 3.00. The Hall–Kier alpha value is -1.81. The molecule has 0 spiro atoms. The molecule has 3 nitrogen and oxygen atoms in total. The largest absolute Gasteiger partial charge is 0.381 e. The van der Waals surface area contributed by atoms with E-state index in [-0.39, 0.29) is 5.91 Å². The molecular formula is C16H20N2OS. The van der Waals surface area contributed by atoms with Crippen LogP contribution in [0.1, 0.15) is 29.8 Å². The van der Waals surface area contributed by atoms with Gasteiger partial charge >= 0.3 is 0 Å². The quantitative estimate of drug-likeness (QED) is 0.876. The van der Waals surface area contributed by atoms with E-state index in [1.807, 2.05) is 43.0 Å². The molecule has 2 aromatic rings. The van der Waals surface area contributed by atoms with Gasteiger partial charge in [0, 0.05) is 30.9 Å². The summed E-state index contributed by atoms with van der Waals surface area (Å²) in [6.45, 7) is 6.26. The molecule has 0 saturated heterocycles. The minimum absolute atomic E-state index is 0.0918. The Morgan fingerprint density at radius 1 is 1.25 bits per heavy atom. The second-order valence-corrected chi connectivity index (χ2v) is 5.32. The Morgan fingerprint density at radius 3 is 2.70 bits per heavy atom. The number of nitrogens with one attached hydrogen (secondary N) is 1. The summed E-state index contributed by atoms with van der Waals surface area (Å²) in [6.07, 6.45) is 0. The molecular weight excluding hydrogens is 268 g/mol. The third kappa shape index (κ3) is 3.61. The van der Waals surface area contributed by atoms with Crippen molar-refractivity contribution in [3.05, 3.63) is 52.2 Å². The predicted octanol–water partition coefficient (Wildman–Crippen LogP) is 3.84. The predicted molar refractivity (Wildman–Crippen MR) is 85.3 cm³/mol. The fourth-order valence-corrected chi connectivity index (χ4v) is 2.72. The van der Waals surface area contributed by atoms with Crippen LogP contribution in [0.5, 0.6) is 0 Å². The highest BCUT2D eigenvalue weighted by Crippen LogP contribution is 2.15. The maximum atomic E-state index is 12.3. The highest BCUT2D eigenvalue weighted by molar-refractivity contribution is 7.07. The first-order valence-electron chi connectivity index (χ1n) is 6.88. The third-order valence-electron chi connectivity index (χ3n) is 3.24. The van der Waals surface area contributed by atoms with Crippen LogP contribution < -0.4 is 5.32 Å². The van der Waals surface area contributed by atoms with E-state index in [1.54, 1.807) is 11.3 Å². The standard InChI is InChI=1S/C16H20N2OS/c1-3-18(4-2)16(19)14-6-5-7-15(10-14)17-11-13-8-9-20-12-13/h5-10,12,17H,3-4,11H2,1-2H3. The number of rotatable bonds is 6. The first-order valence-corrected chi connectivity index (χ1v) is 7.83. The third-order valence-corrected chi connectivity index (χ3v) is 3.97. The molecule has 4 heteroatoms. The van der Waals surface area contributed by atoms with Gasteiger partial charge in [0.2, 0.25) is 0 Å². The zero-order valence-corrected chi connectivity index (χ0v) is 12.7. The average molecular weight is 288 g/mol. The summed E-state index contributed by atoms with van der Waals surface area (Å²) in [4.78, 5) is 14.1. The molecule has 106 valence electrons. The number of carbonyl (C=O) groups is 1. The van der Waals surface area contributed by atoms with Gasteiger partial charge in [-0.1, -0.05) is 6.07 Å². The van der Waals surface area contributed by atoms with Crippen molar-refractivity contribution in [3.63, 3.8) is 0 Å². The number of hydrogen-bond acceptors (Lipinski definition) is 3. The van der Waals surface area contributed by atoms with Gasteiger partial charge in [0.1, 0.15) is 0 Å². The van der Waals surface area contributed by atoms with Crippen LogP contribution in [0.3, 0.4) is 0 Å². The van der Waals surface area contributed by atoms with Gasteiger partial charge in [-0.15, -0.1) is 0 Å². The maximum Gasteiger partial charge on any atom is 0.253 e. The summed E-state index contributed by atoms with van der Waals surface area (Å²) in [7, 11) is 0. The topological polar surface area (TPSA) is 32.3 Å². The molecule has 0 atom stereocenters. The van der Waals surface area contributed by atoms with Crippen LogP contribution in [0.25, 0.3) is 0 Å². The lowest BCUT2D eigenvalue weighted by atomic mass is 10.1. The van der Waals surface area contributed by atoms with Gasteiger partial charge in [0.05, 0.1) is 0 Å². The molecule has 0 saturated carbocycles. The van der Waals surface area contributed by atoms with Gasteiger partial charge in [-0.3, -0.25) is 4.79 Å². The van der Waals surface area contributed by atoms with E-state index in [9.17, 15) is 4.79 Å². The SMILES string of the molecule is CCN(CC)C(=O)c1cccc(NCc2ccsc2)c1. The lowest BCUT2D eigenvalue weighted by Gasteiger charge is -2.19. The normalized spacial score (nSPS) is 10.3. The lowest BCUT2D eigenvalue weighted by molar-refractivity contribution is 0.0773. The van der Waals surface area contributed by atoms with Crippen LogP contribution in [0.2, 0.25) is 0 Å². The van der Waals surface area contributed by atoms with Crippen molar-refractivity contribution in [2.24, 2.45) is 0 Å². The smallest absolute Gasteiger partial charge is 0.253 e. The second-order valence-electron chi connectivity index (χ2n) is 4.54. The van der Waals surface area contributed by atoms with Crippen molar-refractivity contribution >= 4 is 22.9 Å². The molecule has 1 heterocycles. The van der Waals surface area contributed by atoms with Gasteiger partial charge in [-0.25, -0.2) is 0 Å². The number of anilines is 1. The van der Waals surface area contributed by atoms with E-state index < -0.39 is 0 Å². The van der Waals surface area contributed by atoms with Crippen molar-refractivity contribution in [1.29, 1.82) is 0 Å². The maximum absolute atomic E-state index is 12.3. The molecule has 1 N–H and O–H groups in total. The zero-order valence-electron chi connectivity index (χ0n) is 11.9. The fourth-order valence-electron chi connectivity index (χ4n) is 2.05. The van der Waals surface area contributed by atoms with Crippen molar-refractivity contribution in [1.82, 2.24) is 4.90 Å². The van der Waals surface area contributed by atoms with Crippen molar-refractivity contribution in [2.75, 3.05) is 18.4 Å². The van der Waals surface area contributed by atoms with E-state index in [0.717, 1.165) is 30.9 Å². The monoisotopic (exact) mass is 288 g/mol. The summed E-state index contributed by atoms with van der Waals surface area (Å²) < 4.78 is 0. The van der Waals surface area contributed by atoms with E-state index >= 15 is 0 Å². The number of nitrogens with zero attached hydrogens (tertiary/aromatic N) is 1. The Balaban J connectivity index is 2.05. The highest BCUT2D eigenvalue weighted by Gasteiger charge is 2.12. The van der Waals surface area contributed by atoms with Crippen LogP contribution in [0.15, 0.2) is 41.1 Å². The van der Waals surface area contributed by atoms with Crippen LogP contribution >= 0.6 is 11.3 Å². The molecule has 0 bridgehead atoms. The van der Waals surface area contributed by atoms with E-state index in [4.69, 9.17) is 0 Å². The van der Waals surface area contributed by atoms with Crippen molar-refractivity contribution in [3.8, 4) is 0 Å². The van der Waals surface area contributed by atoms with Crippen molar-refractivity contribution < 1.29 is 4.79 Å². The van der Waals surface area contributed by atoms with E-state index in [1.165, 1.54) is 5.56 Å². The Morgan fingerprint density at radius 2 is 2.05 bits per heavy atom. The number of thiophene rings is 1. The van der Waals surface area contributed by atoms with Gasteiger partial charge in [-0.05, 0) is 54.4 Å². The van der Waals surface area contributed by atoms with E-state index in [0.29, 0.717) is 0 Å². The van der Waals surface area contributed by atoms with Crippen LogP contribution in [-0.2, 0) is 6.54 Å². The molecule has 2 rings (SSSR count).